The molecule has 0 aromatic heterocycles. The molecule has 298 valence electrons. The molecule has 1 nitrogen and oxygen atoms in total. The lowest BCUT2D eigenvalue weighted by Crippen LogP contribution is -2.29. The van der Waals surface area contributed by atoms with Gasteiger partial charge in [0.15, 0.2) is 0 Å². The monoisotopic (exact) mass is 787 g/mol. The molecule has 6 aromatic rings. The predicted octanol–water partition coefficient (Wildman–Crippen LogP) is 16.2. The summed E-state index contributed by atoms with van der Waals surface area (Å²) in [7, 11) is 0. The molecule has 0 saturated heterocycles. The Kier molecular flexibility index (Phi) is 9.92. The molecule has 61 heavy (non-hydrogen) atoms. The fourth-order valence-electron chi connectivity index (χ4n) is 10.7. The summed E-state index contributed by atoms with van der Waals surface area (Å²) in [5, 5.41) is 0. The van der Waals surface area contributed by atoms with Crippen LogP contribution in [0.5, 0.6) is 0 Å². The molecular formula is C60H53N. The number of para-hydroxylation sites is 1. The summed E-state index contributed by atoms with van der Waals surface area (Å²) in [6, 6.07) is 53.2. The van der Waals surface area contributed by atoms with Crippen molar-refractivity contribution in [2.45, 2.75) is 64.2 Å². The number of allylic oxidation sites excluding steroid dienone is 14. The number of hydrogen-bond acceptors (Lipinski definition) is 1. The number of rotatable bonds is 9. The lowest BCUT2D eigenvalue weighted by Gasteiger charge is -2.35. The Hall–Kier alpha value is -6.70. The largest absolute Gasteiger partial charge is 0.310 e. The molecule has 0 heterocycles. The number of hydrogen-bond donors (Lipinski definition) is 0. The summed E-state index contributed by atoms with van der Waals surface area (Å²) in [5.41, 5.74) is 21.3. The third kappa shape index (κ3) is 6.29. The van der Waals surface area contributed by atoms with Crippen molar-refractivity contribution in [1.82, 2.24) is 0 Å². The zero-order valence-electron chi connectivity index (χ0n) is 35.8. The Morgan fingerprint density at radius 2 is 1.39 bits per heavy atom. The Morgan fingerprint density at radius 1 is 0.656 bits per heavy atom. The second-order valence-electron chi connectivity index (χ2n) is 17.3. The van der Waals surface area contributed by atoms with Crippen molar-refractivity contribution in [1.29, 1.82) is 0 Å². The summed E-state index contributed by atoms with van der Waals surface area (Å²) >= 11 is 0. The molecule has 4 aliphatic rings. The van der Waals surface area contributed by atoms with E-state index in [-0.39, 0.29) is 5.41 Å². The molecule has 0 saturated carbocycles. The first kappa shape index (κ1) is 38.5. The molecule has 0 radical (unpaired) electrons. The van der Waals surface area contributed by atoms with E-state index >= 15 is 0 Å². The van der Waals surface area contributed by atoms with Gasteiger partial charge in [0.25, 0.3) is 0 Å². The quantitative estimate of drug-likeness (QED) is 0.132. The van der Waals surface area contributed by atoms with Crippen LogP contribution >= 0.6 is 0 Å². The van der Waals surface area contributed by atoms with Gasteiger partial charge in [0.05, 0.1) is 11.1 Å². The van der Waals surface area contributed by atoms with Gasteiger partial charge in [-0.05, 0) is 136 Å². The second kappa shape index (κ2) is 15.7. The van der Waals surface area contributed by atoms with E-state index in [4.69, 9.17) is 0 Å². The van der Waals surface area contributed by atoms with E-state index in [0.717, 1.165) is 31.4 Å². The summed E-state index contributed by atoms with van der Waals surface area (Å²) in [4.78, 5) is 2.54. The van der Waals surface area contributed by atoms with Crippen LogP contribution in [0.25, 0.3) is 27.8 Å². The SMILES string of the molecule is C/C=C\C=C(/CC)c1ccccc1N(c1ccc2c(c1)C(C)(C)C1=C2C=CCC1)c1ccc2c(c1)C(c1ccccc1)(c1cccc(C3=CC=CCC=C3)c1)c1ccccc1-2. The first-order valence-electron chi connectivity index (χ1n) is 22.2. The molecule has 0 amide bonds. The summed E-state index contributed by atoms with van der Waals surface area (Å²) < 4.78 is 0. The maximum atomic E-state index is 2.54. The molecule has 1 unspecified atom stereocenters. The predicted molar refractivity (Wildman–Crippen MR) is 261 cm³/mol. The van der Waals surface area contributed by atoms with Gasteiger partial charge in [-0.25, -0.2) is 0 Å². The Balaban J connectivity index is 1.25. The molecule has 0 N–H and O–H groups in total. The minimum absolute atomic E-state index is 0.0537. The number of benzene rings is 6. The summed E-state index contributed by atoms with van der Waals surface area (Å²) in [5.74, 6) is 0. The standard InChI is InChI=1S/C60H53N/c1-5-7-22-42(6-2)49-29-17-20-34-58(49)61(47-35-37-52-50-30-15-18-32-54(50)59(3,4)56(52)40-47)48-36-38-53-51-31-16-19-33-55(51)60(57(53)41-48,45-26-13-10-14-27-45)46-28-21-25-44(39-46)43-23-11-8-9-12-24-43/h5,7-8,10-17,19-31,33-41H,6,9,18,32H2,1-4H3/b7-5-,42-22+. The van der Waals surface area contributed by atoms with Crippen LogP contribution in [0.3, 0.4) is 0 Å². The van der Waals surface area contributed by atoms with Crippen LogP contribution in [0.1, 0.15) is 97.9 Å². The van der Waals surface area contributed by atoms with E-state index in [2.05, 4.69) is 233 Å². The lowest BCUT2D eigenvalue weighted by molar-refractivity contribution is 0.607. The number of anilines is 3. The van der Waals surface area contributed by atoms with Crippen LogP contribution in [-0.4, -0.2) is 0 Å². The van der Waals surface area contributed by atoms with Gasteiger partial charge in [0, 0.05) is 22.4 Å². The Labute approximate surface area is 362 Å². The highest BCUT2D eigenvalue weighted by atomic mass is 15.1. The van der Waals surface area contributed by atoms with Crippen molar-refractivity contribution in [3.05, 3.63) is 250 Å². The van der Waals surface area contributed by atoms with Gasteiger partial charge >= 0.3 is 0 Å². The van der Waals surface area contributed by atoms with Gasteiger partial charge in [0.2, 0.25) is 0 Å². The Morgan fingerprint density at radius 3 is 2.23 bits per heavy atom. The molecule has 0 fully saturated rings. The molecule has 1 heteroatoms. The van der Waals surface area contributed by atoms with E-state index in [1.165, 1.54) is 83.7 Å². The van der Waals surface area contributed by atoms with Crippen molar-refractivity contribution < 1.29 is 0 Å². The van der Waals surface area contributed by atoms with E-state index < -0.39 is 5.41 Å². The number of fused-ring (bicyclic) bond motifs is 5. The van der Waals surface area contributed by atoms with Crippen LogP contribution in [-0.2, 0) is 10.8 Å². The van der Waals surface area contributed by atoms with Crippen molar-refractivity contribution in [3.63, 3.8) is 0 Å². The van der Waals surface area contributed by atoms with Crippen LogP contribution in [0, 0.1) is 0 Å². The zero-order chi connectivity index (χ0) is 41.6. The third-order valence-electron chi connectivity index (χ3n) is 13.6. The van der Waals surface area contributed by atoms with Crippen LogP contribution in [0.2, 0.25) is 0 Å². The molecule has 0 bridgehead atoms. The van der Waals surface area contributed by atoms with Gasteiger partial charge < -0.3 is 4.90 Å². The lowest BCUT2D eigenvalue weighted by atomic mass is 9.67. The number of nitrogens with zero attached hydrogens (tertiary/aromatic N) is 1. The molecular weight excluding hydrogens is 735 g/mol. The average Bonchev–Trinajstić information content (AvgIpc) is 3.52. The topological polar surface area (TPSA) is 3.24 Å². The molecule has 6 aromatic carbocycles. The normalized spacial score (nSPS) is 18.4. The van der Waals surface area contributed by atoms with E-state index in [0.29, 0.717) is 0 Å². The first-order valence-corrected chi connectivity index (χ1v) is 22.2. The van der Waals surface area contributed by atoms with Crippen LogP contribution < -0.4 is 4.90 Å². The maximum absolute atomic E-state index is 2.54. The maximum Gasteiger partial charge on any atom is 0.0714 e. The second-order valence-corrected chi connectivity index (χ2v) is 17.3. The Bertz CT molecular complexity index is 2900. The van der Waals surface area contributed by atoms with Gasteiger partial charge in [-0.3, -0.25) is 0 Å². The highest BCUT2D eigenvalue weighted by Crippen LogP contribution is 2.58. The third-order valence-corrected chi connectivity index (χ3v) is 13.6. The minimum atomic E-state index is -0.565. The van der Waals surface area contributed by atoms with Crippen molar-refractivity contribution in [3.8, 4) is 11.1 Å². The van der Waals surface area contributed by atoms with E-state index in [9.17, 15) is 0 Å². The first-order chi connectivity index (χ1) is 29.9. The van der Waals surface area contributed by atoms with Crippen molar-refractivity contribution >= 4 is 33.8 Å². The molecule has 0 aliphatic heterocycles. The van der Waals surface area contributed by atoms with E-state index in [1.54, 1.807) is 5.57 Å². The molecule has 10 rings (SSSR count). The molecule has 1 atom stereocenters. The highest BCUT2D eigenvalue weighted by Gasteiger charge is 2.47. The van der Waals surface area contributed by atoms with Crippen molar-refractivity contribution in [2.75, 3.05) is 4.90 Å². The fourth-order valence-corrected chi connectivity index (χ4v) is 10.7. The average molecular weight is 788 g/mol. The summed E-state index contributed by atoms with van der Waals surface area (Å²) in [6.45, 7) is 9.22. The van der Waals surface area contributed by atoms with Crippen LogP contribution in [0.15, 0.2) is 206 Å². The molecule has 0 spiro atoms. The van der Waals surface area contributed by atoms with E-state index in [1.807, 2.05) is 0 Å². The zero-order valence-corrected chi connectivity index (χ0v) is 35.8. The summed E-state index contributed by atoms with van der Waals surface area (Å²) in [6.07, 6.45) is 26.6. The van der Waals surface area contributed by atoms with Crippen LogP contribution in [0.4, 0.5) is 17.1 Å². The van der Waals surface area contributed by atoms with Gasteiger partial charge in [-0.1, -0.05) is 190 Å². The van der Waals surface area contributed by atoms with Gasteiger partial charge in [-0.15, -0.1) is 0 Å². The van der Waals surface area contributed by atoms with Gasteiger partial charge in [0.1, 0.15) is 0 Å². The molecule has 4 aliphatic carbocycles. The smallest absolute Gasteiger partial charge is 0.0714 e. The van der Waals surface area contributed by atoms with Crippen molar-refractivity contribution in [2.24, 2.45) is 0 Å². The fraction of sp³-hybridized carbons (Fsp3) is 0.167. The van der Waals surface area contributed by atoms with Gasteiger partial charge in [-0.2, -0.15) is 0 Å². The minimum Gasteiger partial charge on any atom is -0.310 e. The highest BCUT2D eigenvalue weighted by molar-refractivity contribution is 5.94.